The van der Waals surface area contributed by atoms with Crippen molar-refractivity contribution < 1.29 is 24.0 Å². The van der Waals surface area contributed by atoms with Crippen molar-refractivity contribution in [1.82, 2.24) is 0 Å². The molecule has 22 heavy (non-hydrogen) atoms. The first kappa shape index (κ1) is 15.1. The maximum Gasteiger partial charge on any atom is 0.279 e. The second kappa shape index (κ2) is 6.00. The zero-order chi connectivity index (χ0) is 16.3. The molecule has 7 nitrogen and oxygen atoms in total. The van der Waals surface area contributed by atoms with Gasteiger partial charge in [-0.05, 0) is 18.2 Å². The zero-order valence-electron chi connectivity index (χ0n) is 10.9. The van der Waals surface area contributed by atoms with Crippen LogP contribution in [0.2, 0.25) is 0 Å². The topological polar surface area (TPSA) is 112 Å². The van der Waals surface area contributed by atoms with Gasteiger partial charge in [-0.1, -0.05) is 18.2 Å². The second-order valence-corrected chi connectivity index (χ2v) is 4.18. The molecule has 0 atom stereocenters. The van der Waals surface area contributed by atoms with Crippen molar-refractivity contribution in [3.63, 3.8) is 0 Å². The first-order chi connectivity index (χ1) is 10.4. The van der Waals surface area contributed by atoms with E-state index in [1.54, 1.807) is 0 Å². The molecule has 0 aromatic heterocycles. The molecular formula is C14H8FN2O5-. The first-order valence-electron chi connectivity index (χ1n) is 5.96. The molecule has 2 aromatic carbocycles. The summed E-state index contributed by atoms with van der Waals surface area (Å²) in [6.45, 7) is 0. The van der Waals surface area contributed by atoms with Crippen LogP contribution in [-0.2, 0) is 0 Å². The van der Waals surface area contributed by atoms with Gasteiger partial charge in [-0.15, -0.1) is 0 Å². The third-order valence-corrected chi connectivity index (χ3v) is 2.81. The molecule has 0 saturated heterocycles. The van der Waals surface area contributed by atoms with Crippen LogP contribution in [0.3, 0.4) is 0 Å². The Morgan fingerprint density at radius 3 is 2.36 bits per heavy atom. The summed E-state index contributed by atoms with van der Waals surface area (Å²) < 4.78 is 13.5. The molecule has 0 aliphatic carbocycles. The predicted molar refractivity (Wildman–Crippen MR) is 71.8 cm³/mol. The Hall–Kier alpha value is -3.29. The van der Waals surface area contributed by atoms with Gasteiger partial charge in [0, 0.05) is 6.07 Å². The van der Waals surface area contributed by atoms with Crippen LogP contribution in [0.25, 0.3) is 0 Å². The number of halogens is 1. The number of carbonyl (C=O) groups excluding carboxylic acids is 2. The highest BCUT2D eigenvalue weighted by Crippen LogP contribution is 2.23. The van der Waals surface area contributed by atoms with E-state index in [9.17, 15) is 29.2 Å². The Kier molecular flexibility index (Phi) is 4.12. The lowest BCUT2D eigenvalue weighted by atomic mass is 10.0. The monoisotopic (exact) mass is 303 g/mol. The number of aromatic carboxylic acids is 1. The van der Waals surface area contributed by atoms with Gasteiger partial charge in [-0.2, -0.15) is 0 Å². The summed E-state index contributed by atoms with van der Waals surface area (Å²) in [7, 11) is 0. The molecule has 0 aliphatic rings. The maximum atomic E-state index is 13.5. The highest BCUT2D eigenvalue weighted by atomic mass is 19.1. The van der Waals surface area contributed by atoms with E-state index >= 15 is 0 Å². The van der Waals surface area contributed by atoms with Gasteiger partial charge in [0.15, 0.2) is 0 Å². The molecule has 1 amide bonds. The van der Waals surface area contributed by atoms with Gasteiger partial charge in [0.1, 0.15) is 5.82 Å². The van der Waals surface area contributed by atoms with Crippen molar-refractivity contribution >= 4 is 23.3 Å². The number of hydrogen-bond donors (Lipinski definition) is 1. The van der Waals surface area contributed by atoms with E-state index in [1.807, 2.05) is 0 Å². The van der Waals surface area contributed by atoms with Crippen LogP contribution in [0.5, 0.6) is 0 Å². The number of nitrogens with one attached hydrogen (secondary N) is 1. The molecule has 0 unspecified atom stereocenters. The van der Waals surface area contributed by atoms with Crippen molar-refractivity contribution in [2.45, 2.75) is 0 Å². The quantitative estimate of drug-likeness (QED) is 0.676. The molecule has 0 heterocycles. The number of carboxylic acids is 1. The summed E-state index contributed by atoms with van der Waals surface area (Å²) in [5, 5.41) is 24.1. The van der Waals surface area contributed by atoms with Crippen molar-refractivity contribution in [2.75, 3.05) is 5.32 Å². The summed E-state index contributed by atoms with van der Waals surface area (Å²) in [4.78, 5) is 33.1. The fraction of sp³-hybridized carbons (Fsp3) is 0. The van der Waals surface area contributed by atoms with E-state index < -0.39 is 39.4 Å². The van der Waals surface area contributed by atoms with Crippen LogP contribution in [-0.4, -0.2) is 16.8 Å². The van der Waals surface area contributed by atoms with E-state index in [0.717, 1.165) is 24.3 Å². The Balaban J connectivity index is 2.46. The fourth-order valence-electron chi connectivity index (χ4n) is 1.85. The molecule has 1 N–H and O–H groups in total. The van der Waals surface area contributed by atoms with Gasteiger partial charge < -0.3 is 15.2 Å². The SMILES string of the molecule is O=C(Nc1ccccc1F)c1cccc([N+](=O)[O-])c1C(=O)[O-]. The molecular weight excluding hydrogens is 295 g/mol. The number of para-hydroxylation sites is 1. The van der Waals surface area contributed by atoms with Crippen LogP contribution in [0, 0.1) is 15.9 Å². The van der Waals surface area contributed by atoms with Gasteiger partial charge in [-0.25, -0.2) is 4.39 Å². The minimum absolute atomic E-state index is 0.177. The summed E-state index contributed by atoms with van der Waals surface area (Å²) in [6.07, 6.45) is 0. The van der Waals surface area contributed by atoms with Crippen LogP contribution >= 0.6 is 0 Å². The highest BCUT2D eigenvalue weighted by Gasteiger charge is 2.22. The average Bonchev–Trinajstić information content (AvgIpc) is 2.48. The first-order valence-corrected chi connectivity index (χ1v) is 5.96. The van der Waals surface area contributed by atoms with Gasteiger partial charge in [0.25, 0.3) is 11.6 Å². The minimum atomic E-state index is -1.87. The van der Waals surface area contributed by atoms with Crippen LogP contribution in [0.4, 0.5) is 15.8 Å². The number of nitrogens with zero attached hydrogens (tertiary/aromatic N) is 1. The third kappa shape index (κ3) is 2.90. The molecule has 0 spiro atoms. The largest absolute Gasteiger partial charge is 0.545 e. The van der Waals surface area contributed by atoms with Gasteiger partial charge in [-0.3, -0.25) is 14.9 Å². The smallest absolute Gasteiger partial charge is 0.279 e. The van der Waals surface area contributed by atoms with E-state index in [0.29, 0.717) is 0 Å². The van der Waals surface area contributed by atoms with Crippen LogP contribution < -0.4 is 10.4 Å². The molecule has 2 rings (SSSR count). The molecule has 0 fully saturated rings. The second-order valence-electron chi connectivity index (χ2n) is 4.18. The van der Waals surface area contributed by atoms with Crippen molar-refractivity contribution in [1.29, 1.82) is 0 Å². The number of rotatable bonds is 4. The van der Waals surface area contributed by atoms with E-state index in [4.69, 9.17) is 0 Å². The van der Waals surface area contributed by atoms with Gasteiger partial charge >= 0.3 is 0 Å². The zero-order valence-corrected chi connectivity index (χ0v) is 10.9. The standard InChI is InChI=1S/C14H9FN2O5/c15-9-5-1-2-6-10(9)16-13(18)8-4-3-7-11(17(21)22)12(8)14(19)20/h1-7H,(H,16,18)(H,19,20)/p-1. The maximum absolute atomic E-state index is 13.5. The fourth-order valence-corrected chi connectivity index (χ4v) is 1.85. The molecule has 0 radical (unpaired) electrons. The number of hydrogen-bond acceptors (Lipinski definition) is 5. The molecule has 0 bridgehead atoms. The number of nitro benzene ring substituents is 1. The molecule has 0 saturated carbocycles. The van der Waals surface area contributed by atoms with E-state index in [1.165, 1.54) is 18.2 Å². The predicted octanol–water partition coefficient (Wildman–Crippen LogP) is 1.35. The Labute approximate surface area is 123 Å². The molecule has 112 valence electrons. The van der Waals surface area contributed by atoms with Crippen LogP contribution in [0.1, 0.15) is 20.7 Å². The molecule has 2 aromatic rings. The van der Waals surface area contributed by atoms with Crippen LogP contribution in [0.15, 0.2) is 42.5 Å². The average molecular weight is 303 g/mol. The lowest BCUT2D eigenvalue weighted by Crippen LogP contribution is -2.27. The lowest BCUT2D eigenvalue weighted by Gasteiger charge is -2.11. The molecule has 0 aliphatic heterocycles. The summed E-state index contributed by atoms with van der Waals surface area (Å²) in [5.41, 5.74) is -2.30. The number of benzene rings is 2. The van der Waals surface area contributed by atoms with Gasteiger partial charge in [0.05, 0.1) is 27.7 Å². The number of carbonyl (C=O) groups is 2. The Morgan fingerprint density at radius 2 is 1.77 bits per heavy atom. The van der Waals surface area contributed by atoms with Crippen molar-refractivity contribution in [3.05, 3.63) is 69.5 Å². The number of amides is 1. The summed E-state index contributed by atoms with van der Waals surface area (Å²) in [5.74, 6) is -3.59. The van der Waals surface area contributed by atoms with E-state index in [2.05, 4.69) is 5.32 Å². The number of nitro groups is 1. The lowest BCUT2D eigenvalue weighted by molar-refractivity contribution is -0.385. The Bertz CT molecular complexity index is 776. The number of carboxylic acid groups (broad SMARTS) is 1. The molecule has 8 heteroatoms. The van der Waals surface area contributed by atoms with Crippen molar-refractivity contribution in [3.8, 4) is 0 Å². The van der Waals surface area contributed by atoms with E-state index in [-0.39, 0.29) is 5.69 Å². The third-order valence-electron chi connectivity index (χ3n) is 2.81. The highest BCUT2D eigenvalue weighted by molar-refractivity contribution is 6.12. The van der Waals surface area contributed by atoms with Crippen molar-refractivity contribution in [2.24, 2.45) is 0 Å². The minimum Gasteiger partial charge on any atom is -0.545 e. The summed E-state index contributed by atoms with van der Waals surface area (Å²) >= 11 is 0. The number of anilines is 1. The Morgan fingerprint density at radius 1 is 1.09 bits per heavy atom. The summed E-state index contributed by atoms with van der Waals surface area (Å²) in [6, 6.07) is 8.41. The normalized spacial score (nSPS) is 10.0. The van der Waals surface area contributed by atoms with Gasteiger partial charge in [0.2, 0.25) is 0 Å².